The van der Waals surface area contributed by atoms with Crippen LogP contribution in [0.3, 0.4) is 0 Å². The molecule has 1 aromatic carbocycles. The first-order valence-electron chi connectivity index (χ1n) is 7.61. The van der Waals surface area contributed by atoms with E-state index < -0.39 is 0 Å². The summed E-state index contributed by atoms with van der Waals surface area (Å²) in [5.74, 6) is 1.03. The van der Waals surface area contributed by atoms with Crippen LogP contribution in [0.1, 0.15) is 46.3 Å². The van der Waals surface area contributed by atoms with Crippen molar-refractivity contribution in [3.8, 4) is 5.75 Å². The molecule has 1 aromatic rings. The monoisotopic (exact) mass is 290 g/mol. The molecule has 1 heterocycles. The number of amides is 1. The Morgan fingerprint density at radius 1 is 1.24 bits per heavy atom. The van der Waals surface area contributed by atoms with Gasteiger partial charge in [0.05, 0.1) is 12.6 Å². The molecule has 1 aliphatic rings. The van der Waals surface area contributed by atoms with Crippen LogP contribution >= 0.6 is 0 Å². The SMILES string of the molecule is CCOc1ccc(C2NC(C)C(=O)N2CC(C)(C)C)cc1. The third kappa shape index (κ3) is 3.76. The van der Waals surface area contributed by atoms with Gasteiger partial charge in [0.15, 0.2) is 0 Å². The van der Waals surface area contributed by atoms with Crippen molar-refractivity contribution in [1.29, 1.82) is 0 Å². The topological polar surface area (TPSA) is 41.6 Å². The van der Waals surface area contributed by atoms with Gasteiger partial charge >= 0.3 is 0 Å². The number of ether oxygens (including phenoxy) is 1. The van der Waals surface area contributed by atoms with Crippen molar-refractivity contribution in [1.82, 2.24) is 10.2 Å². The van der Waals surface area contributed by atoms with E-state index in [0.29, 0.717) is 6.61 Å². The maximum atomic E-state index is 12.4. The average molecular weight is 290 g/mol. The molecule has 21 heavy (non-hydrogen) atoms. The van der Waals surface area contributed by atoms with E-state index in [1.807, 2.05) is 43.0 Å². The zero-order chi connectivity index (χ0) is 15.6. The first-order chi connectivity index (χ1) is 9.81. The van der Waals surface area contributed by atoms with Gasteiger partial charge in [-0.25, -0.2) is 0 Å². The maximum Gasteiger partial charge on any atom is 0.241 e. The molecule has 4 nitrogen and oxygen atoms in total. The summed E-state index contributed by atoms with van der Waals surface area (Å²) in [4.78, 5) is 14.3. The molecule has 0 aromatic heterocycles. The minimum Gasteiger partial charge on any atom is -0.494 e. The molecule has 1 saturated heterocycles. The number of hydrogen-bond acceptors (Lipinski definition) is 3. The number of nitrogens with one attached hydrogen (secondary N) is 1. The molecule has 0 spiro atoms. The van der Waals surface area contributed by atoms with Gasteiger partial charge in [-0.1, -0.05) is 32.9 Å². The molecule has 0 saturated carbocycles. The van der Waals surface area contributed by atoms with E-state index in [0.717, 1.165) is 17.9 Å². The highest BCUT2D eigenvalue weighted by atomic mass is 16.5. The Hall–Kier alpha value is -1.55. The van der Waals surface area contributed by atoms with Crippen molar-refractivity contribution in [3.63, 3.8) is 0 Å². The highest BCUT2D eigenvalue weighted by Gasteiger charge is 2.38. The smallest absolute Gasteiger partial charge is 0.241 e. The predicted molar refractivity (Wildman–Crippen MR) is 84.1 cm³/mol. The average Bonchev–Trinajstić information content (AvgIpc) is 2.67. The van der Waals surface area contributed by atoms with Gasteiger partial charge in [-0.3, -0.25) is 10.1 Å². The molecule has 1 N–H and O–H groups in total. The summed E-state index contributed by atoms with van der Waals surface area (Å²) in [5, 5.41) is 3.38. The number of carbonyl (C=O) groups excluding carboxylic acids is 1. The molecular formula is C17H26N2O2. The van der Waals surface area contributed by atoms with Crippen LogP contribution in [0.25, 0.3) is 0 Å². The van der Waals surface area contributed by atoms with E-state index in [9.17, 15) is 4.79 Å². The number of nitrogens with zero attached hydrogens (tertiary/aromatic N) is 1. The zero-order valence-corrected chi connectivity index (χ0v) is 13.6. The Balaban J connectivity index is 2.21. The van der Waals surface area contributed by atoms with Gasteiger partial charge in [-0.2, -0.15) is 0 Å². The fourth-order valence-electron chi connectivity index (χ4n) is 2.64. The predicted octanol–water partition coefficient (Wildman–Crippen LogP) is 2.95. The van der Waals surface area contributed by atoms with Crippen LogP contribution in [0.2, 0.25) is 0 Å². The van der Waals surface area contributed by atoms with Crippen molar-refractivity contribution < 1.29 is 9.53 Å². The summed E-state index contributed by atoms with van der Waals surface area (Å²) < 4.78 is 5.47. The first-order valence-corrected chi connectivity index (χ1v) is 7.61. The summed E-state index contributed by atoms with van der Waals surface area (Å²) in [7, 11) is 0. The summed E-state index contributed by atoms with van der Waals surface area (Å²) in [6, 6.07) is 7.85. The largest absolute Gasteiger partial charge is 0.494 e. The van der Waals surface area contributed by atoms with Crippen LogP contribution in [-0.4, -0.2) is 30.0 Å². The van der Waals surface area contributed by atoms with E-state index in [2.05, 4.69) is 26.1 Å². The molecule has 0 bridgehead atoms. The molecule has 4 heteroatoms. The van der Waals surface area contributed by atoms with Gasteiger partial charge < -0.3 is 9.64 Å². The Morgan fingerprint density at radius 3 is 2.38 bits per heavy atom. The summed E-state index contributed by atoms with van der Waals surface area (Å²) in [5.41, 5.74) is 1.17. The number of rotatable bonds is 4. The van der Waals surface area contributed by atoms with Crippen LogP contribution in [0.4, 0.5) is 0 Å². The van der Waals surface area contributed by atoms with Crippen LogP contribution in [0, 0.1) is 5.41 Å². The number of hydrogen-bond donors (Lipinski definition) is 1. The second-order valence-corrected chi connectivity index (χ2v) is 6.82. The van der Waals surface area contributed by atoms with E-state index in [-0.39, 0.29) is 23.5 Å². The molecule has 2 atom stereocenters. The third-order valence-corrected chi connectivity index (χ3v) is 3.52. The van der Waals surface area contributed by atoms with Crippen molar-refractivity contribution in [2.24, 2.45) is 5.41 Å². The van der Waals surface area contributed by atoms with Crippen LogP contribution < -0.4 is 10.1 Å². The van der Waals surface area contributed by atoms with Crippen molar-refractivity contribution in [3.05, 3.63) is 29.8 Å². The molecular weight excluding hydrogens is 264 g/mol. The molecule has 2 rings (SSSR count). The highest BCUT2D eigenvalue weighted by molar-refractivity contribution is 5.84. The van der Waals surface area contributed by atoms with Crippen LogP contribution in [0.15, 0.2) is 24.3 Å². The minimum absolute atomic E-state index is 0.0533. The number of benzene rings is 1. The molecule has 116 valence electrons. The van der Waals surface area contributed by atoms with Crippen LogP contribution in [-0.2, 0) is 4.79 Å². The summed E-state index contributed by atoms with van der Waals surface area (Å²) >= 11 is 0. The van der Waals surface area contributed by atoms with Crippen molar-refractivity contribution in [2.75, 3.05) is 13.2 Å². The van der Waals surface area contributed by atoms with Crippen LogP contribution in [0.5, 0.6) is 5.75 Å². The summed E-state index contributed by atoms with van der Waals surface area (Å²) in [6.45, 7) is 11.7. The lowest BCUT2D eigenvalue weighted by Gasteiger charge is -2.31. The molecule has 1 amide bonds. The quantitative estimate of drug-likeness (QED) is 0.927. The van der Waals surface area contributed by atoms with Crippen molar-refractivity contribution >= 4 is 5.91 Å². The lowest BCUT2D eigenvalue weighted by Crippen LogP contribution is -2.37. The summed E-state index contributed by atoms with van der Waals surface area (Å²) in [6.07, 6.45) is -0.0533. The number of carbonyl (C=O) groups is 1. The van der Waals surface area contributed by atoms with Gasteiger partial charge in [0.1, 0.15) is 11.9 Å². The Morgan fingerprint density at radius 2 is 1.86 bits per heavy atom. The Bertz CT molecular complexity index is 491. The molecule has 1 aliphatic heterocycles. The van der Waals surface area contributed by atoms with Gasteiger partial charge in [-0.15, -0.1) is 0 Å². The molecule has 0 aliphatic carbocycles. The van der Waals surface area contributed by atoms with Gasteiger partial charge in [-0.05, 0) is 37.0 Å². The molecule has 1 fully saturated rings. The van der Waals surface area contributed by atoms with E-state index in [4.69, 9.17) is 4.74 Å². The standard InChI is InChI=1S/C17H26N2O2/c1-6-21-14-9-7-13(8-10-14)15-18-12(2)16(20)19(15)11-17(3,4)5/h7-10,12,15,18H,6,11H2,1-5H3. The molecule has 2 unspecified atom stereocenters. The second kappa shape index (κ2) is 6.06. The Kier molecular flexibility index (Phi) is 4.57. The lowest BCUT2D eigenvalue weighted by atomic mass is 9.95. The Labute approximate surface area is 127 Å². The van der Waals surface area contributed by atoms with Gasteiger partial charge in [0, 0.05) is 6.54 Å². The normalized spacial score (nSPS) is 22.7. The minimum atomic E-state index is -0.135. The fraction of sp³-hybridized carbons (Fsp3) is 0.588. The van der Waals surface area contributed by atoms with Gasteiger partial charge in [0.25, 0.3) is 0 Å². The third-order valence-electron chi connectivity index (χ3n) is 3.52. The molecule has 0 radical (unpaired) electrons. The second-order valence-electron chi connectivity index (χ2n) is 6.82. The lowest BCUT2D eigenvalue weighted by molar-refractivity contribution is -0.131. The zero-order valence-electron chi connectivity index (χ0n) is 13.6. The van der Waals surface area contributed by atoms with E-state index >= 15 is 0 Å². The van der Waals surface area contributed by atoms with E-state index in [1.54, 1.807) is 0 Å². The maximum absolute atomic E-state index is 12.4. The first kappa shape index (κ1) is 15.8. The van der Waals surface area contributed by atoms with Crippen molar-refractivity contribution in [2.45, 2.75) is 46.8 Å². The van der Waals surface area contributed by atoms with E-state index in [1.165, 1.54) is 0 Å². The fourth-order valence-corrected chi connectivity index (χ4v) is 2.64. The highest BCUT2D eigenvalue weighted by Crippen LogP contribution is 2.30. The van der Waals surface area contributed by atoms with Gasteiger partial charge in [0.2, 0.25) is 5.91 Å².